The third-order valence-corrected chi connectivity index (χ3v) is 0. The van der Waals surface area contributed by atoms with Gasteiger partial charge in [-0.2, -0.15) is 0 Å². The van der Waals surface area contributed by atoms with E-state index in [1.807, 2.05) is 0 Å². The van der Waals surface area contributed by atoms with Crippen LogP contribution < -0.4 is 18.9 Å². The van der Waals surface area contributed by atoms with Gasteiger partial charge in [0.15, 0.2) is 0 Å². The molecule has 0 amide bonds. The van der Waals surface area contributed by atoms with Crippen LogP contribution in [0.4, 0.5) is 0 Å². The van der Waals surface area contributed by atoms with Gasteiger partial charge in [-0.3, -0.25) is 8.42 Å². The summed E-state index contributed by atoms with van der Waals surface area (Å²) in [6.45, 7) is 0. The second-order valence-corrected chi connectivity index (χ2v) is 1.22. The van der Waals surface area contributed by atoms with E-state index in [1.165, 1.54) is 0 Å². The van der Waals surface area contributed by atoms with Gasteiger partial charge in [-0.15, -0.1) is 0 Å². The molecule has 0 atom stereocenters. The van der Waals surface area contributed by atoms with E-state index in [1.54, 1.807) is 0 Å². The maximum atomic E-state index is 8.52. The maximum Gasteiger partial charge on any atom is 2.00 e. The average molecular weight is 276 g/mol. The molecular formula is CoLiMnNiO4S+5. The largest absolute Gasteiger partial charge is 2.00 e. The first-order valence-electron chi connectivity index (χ1n) is 0.667. The minimum absolute atomic E-state index is 0. The van der Waals surface area contributed by atoms with Crippen molar-refractivity contribution in [2.24, 2.45) is 0 Å². The Bertz CT molecular complexity index is 104. The van der Waals surface area contributed by atoms with Gasteiger partial charge in [-0.05, 0) is 0 Å². The smallest absolute Gasteiger partial charge is 0.759 e. The van der Waals surface area contributed by atoms with Crippen LogP contribution in [0, 0.1) is 0 Å². The van der Waals surface area contributed by atoms with Crippen LogP contribution in [-0.4, -0.2) is 17.5 Å². The molecule has 0 rings (SSSR count). The van der Waals surface area contributed by atoms with Crippen molar-refractivity contribution in [3.63, 3.8) is 0 Å². The summed E-state index contributed by atoms with van der Waals surface area (Å²) in [5, 5.41) is 0. The molecular weight excluding hydrogens is 276 g/mol. The first-order valence-corrected chi connectivity index (χ1v) is 2.00. The van der Waals surface area contributed by atoms with Crippen LogP contribution in [0.15, 0.2) is 0 Å². The zero-order valence-electron chi connectivity index (χ0n) is 4.07. The molecule has 0 fully saturated rings. The first-order chi connectivity index (χ1) is 2.00. The third kappa shape index (κ3) is 161. The Morgan fingerprint density at radius 3 is 1.11 bits per heavy atom. The molecule has 0 aliphatic carbocycles. The zero-order chi connectivity index (χ0) is 4.50. The third-order valence-electron chi connectivity index (χ3n) is 0. The molecule has 0 aromatic rings. The predicted molar refractivity (Wildman–Crippen MR) is 10.5 cm³/mol. The van der Waals surface area contributed by atoms with Gasteiger partial charge < -0.3 is 9.11 Å². The topological polar surface area (TPSA) is 80.3 Å². The average Bonchev–Trinajstić information content (AvgIpc) is 0.722. The normalized spacial score (nSPS) is 6.44. The van der Waals surface area contributed by atoms with Crippen molar-refractivity contribution < 1.29 is 86.7 Å². The van der Waals surface area contributed by atoms with Crippen molar-refractivity contribution in [1.82, 2.24) is 0 Å². The second-order valence-electron chi connectivity index (χ2n) is 0.408. The van der Waals surface area contributed by atoms with E-state index in [9.17, 15) is 0 Å². The molecule has 0 aliphatic rings. The summed E-state index contributed by atoms with van der Waals surface area (Å²) in [6.07, 6.45) is 0. The number of rotatable bonds is 0. The molecule has 9 heteroatoms. The van der Waals surface area contributed by atoms with Crippen LogP contribution in [-0.2, 0) is 60.7 Å². The van der Waals surface area contributed by atoms with Crippen LogP contribution in [0.5, 0.6) is 0 Å². The minimum atomic E-state index is -5.17. The van der Waals surface area contributed by atoms with Crippen molar-refractivity contribution in [3.8, 4) is 0 Å². The van der Waals surface area contributed by atoms with Crippen molar-refractivity contribution in [1.29, 1.82) is 0 Å². The molecule has 0 unspecified atom stereocenters. The Kier molecular flexibility index (Phi) is 43.0. The summed E-state index contributed by atoms with van der Waals surface area (Å²) in [5.74, 6) is 0. The van der Waals surface area contributed by atoms with Gasteiger partial charge in [-0.1, -0.05) is 0 Å². The summed E-state index contributed by atoms with van der Waals surface area (Å²) in [5.41, 5.74) is 0. The van der Waals surface area contributed by atoms with Crippen molar-refractivity contribution >= 4 is 10.4 Å². The van der Waals surface area contributed by atoms with Gasteiger partial charge >= 0.3 is 69.2 Å². The predicted octanol–water partition coefficient (Wildman–Crippen LogP) is -4.34. The Morgan fingerprint density at radius 2 is 1.11 bits per heavy atom. The first kappa shape index (κ1) is 30.6. The molecule has 0 aromatic carbocycles. The van der Waals surface area contributed by atoms with Crippen LogP contribution in [0.1, 0.15) is 0 Å². The molecule has 0 aliphatic heterocycles. The van der Waals surface area contributed by atoms with E-state index in [0.29, 0.717) is 0 Å². The molecule has 0 spiro atoms. The molecule has 0 saturated carbocycles. The van der Waals surface area contributed by atoms with E-state index in [-0.39, 0.29) is 69.2 Å². The molecule has 0 aromatic heterocycles. The fraction of sp³-hybridized carbons (Fsp3) is 0. The van der Waals surface area contributed by atoms with E-state index in [4.69, 9.17) is 17.5 Å². The molecule has 4 nitrogen and oxygen atoms in total. The van der Waals surface area contributed by atoms with Crippen LogP contribution in [0.25, 0.3) is 0 Å². The van der Waals surface area contributed by atoms with Gasteiger partial charge in [0.2, 0.25) is 0 Å². The standard InChI is InChI=1S/Co.Li.Mn.Ni.H2O4S/c;;;;1-5(2,3)4/h;;;;(H2,1,2,3,4)/q+2;+1;2*+2;/p-2. The van der Waals surface area contributed by atoms with Crippen molar-refractivity contribution in [2.45, 2.75) is 0 Å². The van der Waals surface area contributed by atoms with E-state index >= 15 is 0 Å². The molecule has 0 N–H and O–H groups in total. The van der Waals surface area contributed by atoms with Crippen molar-refractivity contribution in [2.75, 3.05) is 0 Å². The van der Waals surface area contributed by atoms with Crippen LogP contribution in [0.2, 0.25) is 0 Å². The molecule has 0 heterocycles. The van der Waals surface area contributed by atoms with Gasteiger partial charge in [0.05, 0.1) is 0 Å². The van der Waals surface area contributed by atoms with Gasteiger partial charge in [-0.25, -0.2) is 0 Å². The van der Waals surface area contributed by atoms with E-state index in [0.717, 1.165) is 0 Å². The van der Waals surface area contributed by atoms with Gasteiger partial charge in [0, 0.05) is 10.4 Å². The fourth-order valence-electron chi connectivity index (χ4n) is 0. The summed E-state index contributed by atoms with van der Waals surface area (Å²) in [7, 11) is -5.17. The number of hydrogen-bond acceptors (Lipinski definition) is 4. The summed E-state index contributed by atoms with van der Waals surface area (Å²) >= 11 is 0. The SMILES string of the molecule is O=S(=O)([O-])[O-].[Co+2].[Li+].[Mn+2].[Ni+2]. The minimum Gasteiger partial charge on any atom is -0.759 e. The second kappa shape index (κ2) is 12.6. The Labute approximate surface area is 96.3 Å². The molecule has 2 radical (unpaired) electrons. The zero-order valence-corrected chi connectivity index (χ0v) is 8.09. The number of hydrogen-bond donors (Lipinski definition) is 0. The summed E-state index contributed by atoms with van der Waals surface area (Å²) < 4.78 is 34.1. The monoisotopic (exact) mass is 275 g/mol. The Balaban J connectivity index is -0.0000000133. The molecule has 0 saturated heterocycles. The summed E-state index contributed by atoms with van der Waals surface area (Å²) in [6, 6.07) is 0. The van der Waals surface area contributed by atoms with Gasteiger partial charge in [0.25, 0.3) is 0 Å². The van der Waals surface area contributed by atoms with Gasteiger partial charge in [0.1, 0.15) is 0 Å². The fourth-order valence-corrected chi connectivity index (χ4v) is 0. The molecule has 52 valence electrons. The molecule has 0 bridgehead atoms. The quantitative estimate of drug-likeness (QED) is 0.254. The van der Waals surface area contributed by atoms with E-state index in [2.05, 4.69) is 0 Å². The van der Waals surface area contributed by atoms with E-state index < -0.39 is 10.4 Å². The maximum absolute atomic E-state index is 8.52. The Hall–Kier alpha value is 1.99. The Morgan fingerprint density at radius 1 is 1.11 bits per heavy atom. The summed E-state index contributed by atoms with van der Waals surface area (Å²) in [4.78, 5) is 0. The van der Waals surface area contributed by atoms with Crippen LogP contribution >= 0.6 is 0 Å². The van der Waals surface area contributed by atoms with Crippen molar-refractivity contribution in [3.05, 3.63) is 0 Å². The molecule has 9 heavy (non-hydrogen) atoms. The van der Waals surface area contributed by atoms with Crippen LogP contribution in [0.3, 0.4) is 0 Å².